The number of rotatable bonds is 6. The molecule has 0 aliphatic carbocycles. The SMILES string of the molecule is COC(=O)c1cc(O[C@H](C)C(=O)Nc2ccc(F)cc2F)cc(C(=O)OC)c1. The van der Waals surface area contributed by atoms with Gasteiger partial charge in [-0.15, -0.1) is 0 Å². The molecule has 0 spiro atoms. The van der Waals surface area contributed by atoms with Crippen LogP contribution in [0.2, 0.25) is 0 Å². The number of benzene rings is 2. The second-order valence-electron chi connectivity index (χ2n) is 5.60. The lowest BCUT2D eigenvalue weighted by molar-refractivity contribution is -0.122. The lowest BCUT2D eigenvalue weighted by atomic mass is 10.1. The Balaban J connectivity index is 2.21. The highest BCUT2D eigenvalue weighted by molar-refractivity contribution is 5.96. The molecule has 0 radical (unpaired) electrons. The molecule has 0 aromatic heterocycles. The van der Waals surface area contributed by atoms with Crippen LogP contribution in [0.15, 0.2) is 36.4 Å². The predicted octanol–water partition coefficient (Wildman–Crippen LogP) is 2.94. The van der Waals surface area contributed by atoms with E-state index in [9.17, 15) is 23.2 Å². The fraction of sp³-hybridized carbons (Fsp3) is 0.211. The van der Waals surface area contributed by atoms with Crippen molar-refractivity contribution < 1.29 is 37.4 Å². The highest BCUT2D eigenvalue weighted by Gasteiger charge is 2.20. The van der Waals surface area contributed by atoms with Gasteiger partial charge in [-0.1, -0.05) is 0 Å². The van der Waals surface area contributed by atoms with Crippen molar-refractivity contribution in [1.29, 1.82) is 0 Å². The van der Waals surface area contributed by atoms with Gasteiger partial charge in [0.2, 0.25) is 0 Å². The lowest BCUT2D eigenvalue weighted by Crippen LogP contribution is -2.30. The van der Waals surface area contributed by atoms with Crippen LogP contribution >= 0.6 is 0 Å². The van der Waals surface area contributed by atoms with Crippen molar-refractivity contribution in [3.63, 3.8) is 0 Å². The molecule has 1 amide bonds. The van der Waals surface area contributed by atoms with Crippen LogP contribution in [0.4, 0.5) is 14.5 Å². The second kappa shape index (κ2) is 8.94. The van der Waals surface area contributed by atoms with Crippen molar-refractivity contribution in [2.75, 3.05) is 19.5 Å². The average Bonchev–Trinajstić information content (AvgIpc) is 2.68. The van der Waals surface area contributed by atoms with E-state index < -0.39 is 35.6 Å². The molecule has 0 saturated heterocycles. The van der Waals surface area contributed by atoms with Gasteiger partial charge >= 0.3 is 11.9 Å². The van der Waals surface area contributed by atoms with Crippen LogP contribution in [-0.2, 0) is 14.3 Å². The fourth-order valence-electron chi connectivity index (χ4n) is 2.22. The van der Waals surface area contributed by atoms with E-state index in [4.69, 9.17) is 4.74 Å². The molecule has 7 nitrogen and oxygen atoms in total. The summed E-state index contributed by atoms with van der Waals surface area (Å²) in [6, 6.07) is 6.50. The van der Waals surface area contributed by atoms with Crippen molar-refractivity contribution in [2.45, 2.75) is 13.0 Å². The minimum atomic E-state index is -1.14. The van der Waals surface area contributed by atoms with Crippen molar-refractivity contribution >= 4 is 23.5 Å². The molecular weight excluding hydrogens is 376 g/mol. The maximum atomic E-state index is 13.7. The van der Waals surface area contributed by atoms with Crippen LogP contribution in [0.1, 0.15) is 27.6 Å². The molecule has 1 atom stereocenters. The number of hydrogen-bond acceptors (Lipinski definition) is 6. The minimum absolute atomic E-state index is 0.0117. The van der Waals surface area contributed by atoms with Gasteiger partial charge in [-0.25, -0.2) is 18.4 Å². The van der Waals surface area contributed by atoms with E-state index in [0.717, 1.165) is 12.1 Å². The summed E-state index contributed by atoms with van der Waals surface area (Å²) in [6.45, 7) is 1.37. The highest BCUT2D eigenvalue weighted by atomic mass is 19.1. The molecule has 148 valence electrons. The Bertz CT molecular complexity index is 881. The van der Waals surface area contributed by atoms with Gasteiger partial charge in [-0.2, -0.15) is 0 Å². The van der Waals surface area contributed by atoms with E-state index in [1.165, 1.54) is 39.3 Å². The summed E-state index contributed by atoms with van der Waals surface area (Å²) < 4.78 is 41.3. The van der Waals surface area contributed by atoms with Gasteiger partial charge in [0.15, 0.2) is 6.10 Å². The zero-order chi connectivity index (χ0) is 20.8. The number of nitrogens with one attached hydrogen (secondary N) is 1. The molecule has 0 saturated carbocycles. The molecule has 0 unspecified atom stereocenters. The molecule has 1 N–H and O–H groups in total. The topological polar surface area (TPSA) is 90.9 Å². The van der Waals surface area contributed by atoms with Crippen molar-refractivity contribution in [1.82, 2.24) is 0 Å². The quantitative estimate of drug-likeness (QED) is 0.759. The van der Waals surface area contributed by atoms with Gasteiger partial charge in [0, 0.05) is 6.07 Å². The monoisotopic (exact) mass is 393 g/mol. The van der Waals surface area contributed by atoms with E-state index >= 15 is 0 Å². The zero-order valence-electron chi connectivity index (χ0n) is 15.2. The summed E-state index contributed by atoms with van der Waals surface area (Å²) in [6.07, 6.45) is -1.14. The van der Waals surface area contributed by atoms with Gasteiger partial charge in [0.1, 0.15) is 17.4 Å². The third-order valence-electron chi connectivity index (χ3n) is 3.62. The first-order valence-electron chi connectivity index (χ1n) is 7.99. The number of amides is 1. The van der Waals surface area contributed by atoms with E-state index in [0.29, 0.717) is 6.07 Å². The second-order valence-corrected chi connectivity index (χ2v) is 5.60. The Morgan fingerprint density at radius 1 is 0.929 bits per heavy atom. The molecule has 0 bridgehead atoms. The molecule has 0 aliphatic rings. The summed E-state index contributed by atoms with van der Waals surface area (Å²) in [5, 5.41) is 2.27. The number of carbonyl (C=O) groups is 3. The summed E-state index contributed by atoms with van der Waals surface area (Å²) in [4.78, 5) is 35.8. The largest absolute Gasteiger partial charge is 0.481 e. The average molecular weight is 393 g/mol. The molecule has 9 heteroatoms. The Morgan fingerprint density at radius 2 is 1.50 bits per heavy atom. The number of ether oxygens (including phenoxy) is 3. The lowest BCUT2D eigenvalue weighted by Gasteiger charge is -2.16. The smallest absolute Gasteiger partial charge is 0.338 e. The van der Waals surface area contributed by atoms with Crippen molar-refractivity contribution in [3.8, 4) is 5.75 Å². The van der Waals surface area contributed by atoms with E-state index in [1.54, 1.807) is 0 Å². The normalized spacial score (nSPS) is 11.3. The number of methoxy groups -OCH3 is 2. The number of anilines is 1. The van der Waals surface area contributed by atoms with Crippen LogP contribution in [0.25, 0.3) is 0 Å². The molecule has 0 heterocycles. The van der Waals surface area contributed by atoms with Crippen molar-refractivity contribution in [3.05, 3.63) is 59.2 Å². The predicted molar refractivity (Wildman–Crippen MR) is 94.2 cm³/mol. The first-order chi connectivity index (χ1) is 13.2. The molecule has 2 rings (SSSR count). The van der Waals surface area contributed by atoms with E-state index in [2.05, 4.69) is 14.8 Å². The third kappa shape index (κ3) is 5.03. The van der Waals surface area contributed by atoms with Gasteiger partial charge in [0.25, 0.3) is 5.91 Å². The maximum Gasteiger partial charge on any atom is 0.338 e. The first kappa shape index (κ1) is 20.8. The Labute approximate surface area is 159 Å². The zero-order valence-corrected chi connectivity index (χ0v) is 15.2. The van der Waals surface area contributed by atoms with Gasteiger partial charge in [-0.05, 0) is 37.3 Å². The van der Waals surface area contributed by atoms with Crippen molar-refractivity contribution in [2.24, 2.45) is 0 Å². The van der Waals surface area contributed by atoms with E-state index in [-0.39, 0.29) is 22.6 Å². The van der Waals surface area contributed by atoms with Crippen LogP contribution in [0, 0.1) is 11.6 Å². The molecule has 0 aliphatic heterocycles. The number of carbonyl (C=O) groups excluding carboxylic acids is 3. The molecule has 0 fully saturated rings. The van der Waals surface area contributed by atoms with Gasteiger partial charge in [0.05, 0.1) is 31.0 Å². The molecular formula is C19H17F2NO6. The van der Waals surface area contributed by atoms with Crippen LogP contribution in [0.3, 0.4) is 0 Å². The number of esters is 2. The van der Waals surface area contributed by atoms with Crippen LogP contribution in [0.5, 0.6) is 5.75 Å². The van der Waals surface area contributed by atoms with Crippen LogP contribution < -0.4 is 10.1 Å². The Kier molecular flexibility index (Phi) is 6.64. The highest BCUT2D eigenvalue weighted by Crippen LogP contribution is 2.21. The van der Waals surface area contributed by atoms with Gasteiger partial charge < -0.3 is 19.5 Å². The number of halogens is 2. The standard InChI is InChI=1S/C19H17F2NO6/c1-10(17(23)22-16-5-4-13(20)9-15(16)21)28-14-7-11(18(24)26-2)6-12(8-14)19(25)27-3/h4-10H,1-3H3,(H,22,23)/t10-/m1/s1. The summed E-state index contributed by atoms with van der Waals surface area (Å²) >= 11 is 0. The third-order valence-corrected chi connectivity index (χ3v) is 3.62. The summed E-state index contributed by atoms with van der Waals surface area (Å²) in [5.41, 5.74) is -0.199. The van der Waals surface area contributed by atoms with E-state index in [1.807, 2.05) is 0 Å². The first-order valence-corrected chi connectivity index (χ1v) is 7.99. The fourth-order valence-corrected chi connectivity index (χ4v) is 2.22. The summed E-state index contributed by atoms with van der Waals surface area (Å²) in [5.74, 6) is -3.88. The van der Waals surface area contributed by atoms with Crippen LogP contribution in [-0.4, -0.2) is 38.2 Å². The Morgan fingerprint density at radius 3 is 2.00 bits per heavy atom. The molecule has 2 aromatic carbocycles. The number of hydrogen-bond donors (Lipinski definition) is 1. The van der Waals surface area contributed by atoms with Gasteiger partial charge in [-0.3, -0.25) is 4.79 Å². The minimum Gasteiger partial charge on any atom is -0.481 e. The Hall–Kier alpha value is -3.49. The maximum absolute atomic E-state index is 13.7. The summed E-state index contributed by atoms with van der Waals surface area (Å²) in [7, 11) is 2.34. The molecule has 28 heavy (non-hydrogen) atoms. The molecule has 2 aromatic rings.